The van der Waals surface area contributed by atoms with Gasteiger partial charge in [0.1, 0.15) is 17.4 Å². The Balaban J connectivity index is 1.33. The summed E-state index contributed by atoms with van der Waals surface area (Å²) in [4.78, 5) is 9.34. The summed E-state index contributed by atoms with van der Waals surface area (Å²) in [5.41, 5.74) is 0.997. The summed E-state index contributed by atoms with van der Waals surface area (Å²) < 4.78 is 7.92. The lowest BCUT2D eigenvalue weighted by atomic mass is 10.2. The first-order chi connectivity index (χ1) is 12.0. The van der Waals surface area contributed by atoms with E-state index in [1.54, 1.807) is 0 Å². The Morgan fingerprint density at radius 1 is 1.20 bits per heavy atom. The molecule has 0 N–H and O–H groups in total. The second-order valence-corrected chi connectivity index (χ2v) is 7.65. The Kier molecular flexibility index (Phi) is 4.37. The Hall–Kier alpha value is -1.73. The lowest BCUT2D eigenvalue weighted by molar-refractivity contribution is 0.210. The van der Waals surface area contributed by atoms with E-state index in [0.29, 0.717) is 12.0 Å². The van der Waals surface area contributed by atoms with E-state index >= 15 is 0 Å². The van der Waals surface area contributed by atoms with Crippen LogP contribution in [0.2, 0.25) is 0 Å². The van der Waals surface area contributed by atoms with Crippen molar-refractivity contribution in [3.05, 3.63) is 29.0 Å². The molecule has 0 amide bonds. The minimum atomic E-state index is 0.540. The number of hydrogen-bond donors (Lipinski definition) is 0. The molecule has 1 aliphatic carbocycles. The Morgan fingerprint density at radius 3 is 2.68 bits per heavy atom. The van der Waals surface area contributed by atoms with E-state index in [9.17, 15) is 0 Å². The molecule has 25 heavy (non-hydrogen) atoms. The first-order valence-corrected chi connectivity index (χ1v) is 9.25. The highest BCUT2D eigenvalue weighted by atomic mass is 16.4. The SMILES string of the molecule is Cc1nc(CN2CC[C@H](N(C)Cc3nnc(C4CC4)n3C)C2)oc1C. The Bertz CT molecular complexity index is 727. The predicted octanol–water partition coefficient (Wildman–Crippen LogP) is 2.00. The first kappa shape index (κ1) is 16.7. The van der Waals surface area contributed by atoms with E-state index < -0.39 is 0 Å². The van der Waals surface area contributed by atoms with Crippen LogP contribution in [0.15, 0.2) is 4.42 Å². The normalized spacial score (nSPS) is 21.6. The molecule has 3 heterocycles. The zero-order chi connectivity index (χ0) is 17.6. The highest BCUT2D eigenvalue weighted by Crippen LogP contribution is 2.38. The molecule has 7 heteroatoms. The summed E-state index contributed by atoms with van der Waals surface area (Å²) in [5, 5.41) is 8.81. The molecular formula is C18H28N6O. The van der Waals surface area contributed by atoms with E-state index in [1.165, 1.54) is 19.3 Å². The summed E-state index contributed by atoms with van der Waals surface area (Å²) >= 11 is 0. The molecule has 1 aliphatic heterocycles. The van der Waals surface area contributed by atoms with Gasteiger partial charge in [0.2, 0.25) is 5.89 Å². The topological polar surface area (TPSA) is 63.2 Å². The lowest BCUT2D eigenvalue weighted by Gasteiger charge is -2.24. The third-order valence-corrected chi connectivity index (χ3v) is 5.63. The van der Waals surface area contributed by atoms with Crippen molar-refractivity contribution in [2.24, 2.45) is 7.05 Å². The predicted molar refractivity (Wildman–Crippen MR) is 94.1 cm³/mol. The summed E-state index contributed by atoms with van der Waals surface area (Å²) in [6.07, 6.45) is 3.70. The highest BCUT2D eigenvalue weighted by Gasteiger charge is 2.31. The van der Waals surface area contributed by atoms with Crippen LogP contribution >= 0.6 is 0 Å². The number of hydrogen-bond acceptors (Lipinski definition) is 6. The van der Waals surface area contributed by atoms with Crippen LogP contribution in [0.1, 0.15) is 54.2 Å². The smallest absolute Gasteiger partial charge is 0.208 e. The molecule has 0 unspecified atom stereocenters. The van der Waals surface area contributed by atoms with Gasteiger partial charge in [-0.1, -0.05) is 0 Å². The molecule has 136 valence electrons. The molecule has 4 rings (SSSR count). The van der Waals surface area contributed by atoms with E-state index in [0.717, 1.165) is 55.2 Å². The Labute approximate surface area is 149 Å². The van der Waals surface area contributed by atoms with Gasteiger partial charge in [-0.3, -0.25) is 9.80 Å². The van der Waals surface area contributed by atoms with Gasteiger partial charge in [-0.05, 0) is 40.2 Å². The quantitative estimate of drug-likeness (QED) is 0.799. The molecular weight excluding hydrogens is 316 g/mol. The molecule has 2 aliphatic rings. The molecule has 0 aromatic carbocycles. The van der Waals surface area contributed by atoms with Crippen LogP contribution in [0.25, 0.3) is 0 Å². The van der Waals surface area contributed by atoms with Crippen molar-refractivity contribution in [2.75, 3.05) is 20.1 Å². The third-order valence-electron chi connectivity index (χ3n) is 5.63. The number of aryl methyl sites for hydroxylation is 2. The van der Waals surface area contributed by atoms with Gasteiger partial charge in [0, 0.05) is 32.1 Å². The van der Waals surface area contributed by atoms with Crippen molar-refractivity contribution in [3.8, 4) is 0 Å². The molecule has 1 saturated heterocycles. The number of aromatic nitrogens is 4. The van der Waals surface area contributed by atoms with Gasteiger partial charge in [0.25, 0.3) is 0 Å². The van der Waals surface area contributed by atoms with Gasteiger partial charge >= 0.3 is 0 Å². The van der Waals surface area contributed by atoms with E-state index in [4.69, 9.17) is 4.42 Å². The molecule has 0 radical (unpaired) electrons. The third kappa shape index (κ3) is 3.48. The number of oxazole rings is 1. The molecule has 2 aromatic heterocycles. The van der Waals surface area contributed by atoms with Gasteiger partial charge in [-0.25, -0.2) is 4.98 Å². The average Bonchev–Trinajstić information content (AvgIpc) is 3.07. The fourth-order valence-corrected chi connectivity index (χ4v) is 3.68. The van der Waals surface area contributed by atoms with Gasteiger partial charge in [0.05, 0.1) is 18.8 Å². The molecule has 0 bridgehead atoms. The summed E-state index contributed by atoms with van der Waals surface area (Å²) in [6.45, 7) is 7.76. The maximum Gasteiger partial charge on any atom is 0.208 e. The molecule has 1 saturated carbocycles. The second-order valence-electron chi connectivity index (χ2n) is 7.65. The molecule has 2 fully saturated rings. The van der Waals surface area contributed by atoms with Crippen molar-refractivity contribution < 1.29 is 4.42 Å². The van der Waals surface area contributed by atoms with Gasteiger partial charge in [-0.2, -0.15) is 0 Å². The second kappa shape index (κ2) is 6.53. The number of likely N-dealkylation sites (N-methyl/N-ethyl adjacent to an activating group) is 1. The van der Waals surface area contributed by atoms with E-state index in [2.05, 4.69) is 43.6 Å². The van der Waals surface area contributed by atoms with Gasteiger partial charge < -0.3 is 8.98 Å². The summed E-state index contributed by atoms with van der Waals surface area (Å²) in [7, 11) is 4.30. The van der Waals surface area contributed by atoms with Crippen LogP contribution in [-0.2, 0) is 20.1 Å². The van der Waals surface area contributed by atoms with Gasteiger partial charge in [-0.15, -0.1) is 10.2 Å². The fraction of sp³-hybridized carbons (Fsp3) is 0.722. The summed E-state index contributed by atoms with van der Waals surface area (Å²) in [5.74, 6) is 4.64. The maximum atomic E-state index is 5.73. The molecule has 1 atom stereocenters. The van der Waals surface area contributed by atoms with Crippen molar-refractivity contribution in [1.29, 1.82) is 0 Å². The standard InChI is InChI=1S/C18H28N6O/c1-12-13(2)25-17(19-12)11-24-8-7-15(9-24)22(3)10-16-20-21-18(23(16)4)14-5-6-14/h14-15H,5-11H2,1-4H3/t15-/m0/s1. The van der Waals surface area contributed by atoms with Crippen LogP contribution in [0.5, 0.6) is 0 Å². The zero-order valence-corrected chi connectivity index (χ0v) is 15.7. The maximum absolute atomic E-state index is 5.73. The molecule has 2 aromatic rings. The van der Waals surface area contributed by atoms with Crippen molar-refractivity contribution in [2.45, 2.75) is 58.2 Å². The number of likely N-dealkylation sites (tertiary alicyclic amines) is 1. The fourth-order valence-electron chi connectivity index (χ4n) is 3.68. The number of rotatable bonds is 6. The minimum Gasteiger partial charge on any atom is -0.444 e. The van der Waals surface area contributed by atoms with E-state index in [1.807, 2.05) is 13.8 Å². The van der Waals surface area contributed by atoms with Crippen LogP contribution in [0.3, 0.4) is 0 Å². The molecule has 7 nitrogen and oxygen atoms in total. The number of nitrogens with zero attached hydrogens (tertiary/aromatic N) is 6. The lowest BCUT2D eigenvalue weighted by Crippen LogP contribution is -2.34. The highest BCUT2D eigenvalue weighted by molar-refractivity contribution is 5.08. The largest absolute Gasteiger partial charge is 0.444 e. The Morgan fingerprint density at radius 2 is 2.00 bits per heavy atom. The minimum absolute atomic E-state index is 0.540. The monoisotopic (exact) mass is 344 g/mol. The van der Waals surface area contributed by atoms with E-state index in [-0.39, 0.29) is 0 Å². The average molecular weight is 344 g/mol. The van der Waals surface area contributed by atoms with Crippen molar-refractivity contribution >= 4 is 0 Å². The van der Waals surface area contributed by atoms with Gasteiger partial charge in [0.15, 0.2) is 0 Å². The van der Waals surface area contributed by atoms with Crippen LogP contribution < -0.4 is 0 Å². The first-order valence-electron chi connectivity index (χ1n) is 9.25. The van der Waals surface area contributed by atoms with Crippen LogP contribution in [0.4, 0.5) is 0 Å². The van der Waals surface area contributed by atoms with Crippen LogP contribution in [-0.4, -0.2) is 55.7 Å². The molecule has 0 spiro atoms. The summed E-state index contributed by atoms with van der Waals surface area (Å²) in [6, 6.07) is 0.540. The van der Waals surface area contributed by atoms with Crippen LogP contribution in [0, 0.1) is 13.8 Å². The van der Waals surface area contributed by atoms with Crippen molar-refractivity contribution in [1.82, 2.24) is 29.5 Å². The van der Waals surface area contributed by atoms with Crippen molar-refractivity contribution in [3.63, 3.8) is 0 Å². The zero-order valence-electron chi connectivity index (χ0n) is 15.7.